The van der Waals surface area contributed by atoms with E-state index in [1.54, 1.807) is 0 Å². The molecule has 8 nitrogen and oxygen atoms in total. The summed E-state index contributed by atoms with van der Waals surface area (Å²) in [6, 6.07) is 4.49. The molecule has 2 aromatic carbocycles. The van der Waals surface area contributed by atoms with Crippen LogP contribution in [-0.4, -0.2) is 38.1 Å². The van der Waals surface area contributed by atoms with Crippen LogP contribution in [-0.2, 0) is 6.61 Å². The van der Waals surface area contributed by atoms with Gasteiger partial charge in [0.25, 0.3) is 5.91 Å². The van der Waals surface area contributed by atoms with Gasteiger partial charge in [-0.2, -0.15) is 17.9 Å². The maximum absolute atomic E-state index is 15.1. The fourth-order valence-electron chi connectivity index (χ4n) is 3.34. The fraction of sp³-hybridized carbons (Fsp3) is 0.286. The van der Waals surface area contributed by atoms with Crippen molar-refractivity contribution >= 4 is 23.2 Å². The van der Waals surface area contributed by atoms with Gasteiger partial charge in [0.15, 0.2) is 12.4 Å². The van der Waals surface area contributed by atoms with Gasteiger partial charge in [0, 0.05) is 12.1 Å². The summed E-state index contributed by atoms with van der Waals surface area (Å²) in [6.07, 6.45) is -3.54. The molecule has 1 heterocycles. The van der Waals surface area contributed by atoms with Crippen LogP contribution in [0.5, 0.6) is 5.75 Å². The number of alkyl halides is 3. The molecular formula is C21H16ClF5N4O4. The Bertz CT molecular complexity index is 1330. The lowest BCUT2D eigenvalue weighted by molar-refractivity contribution is -0.153. The normalized spacial score (nSPS) is 13.7. The van der Waals surface area contributed by atoms with E-state index in [0.717, 1.165) is 10.6 Å². The van der Waals surface area contributed by atoms with Crippen molar-refractivity contribution in [2.24, 2.45) is 0 Å². The third-order valence-corrected chi connectivity index (χ3v) is 5.36. The number of aliphatic hydroxyl groups excluding tert-OH is 1. The Kier molecular flexibility index (Phi) is 6.56. The SMILES string of the molecule is O=C(Nc1c(F)cccc1Cl)c1cc(F)c(-n2nc(CO)n(C3CC3)c2=O)cc1OCC(F)(F)F. The Morgan fingerprint density at radius 3 is 2.54 bits per heavy atom. The summed E-state index contributed by atoms with van der Waals surface area (Å²) in [7, 11) is 0. The summed E-state index contributed by atoms with van der Waals surface area (Å²) in [6.45, 7) is -2.48. The first-order chi connectivity index (χ1) is 16.5. The average Bonchev–Trinajstić information content (AvgIpc) is 3.57. The minimum absolute atomic E-state index is 0.0642. The van der Waals surface area contributed by atoms with Gasteiger partial charge in [0.05, 0.1) is 16.3 Å². The van der Waals surface area contributed by atoms with Crippen molar-refractivity contribution in [3.63, 3.8) is 0 Å². The smallest absolute Gasteiger partial charge is 0.422 e. The predicted molar refractivity (Wildman–Crippen MR) is 113 cm³/mol. The van der Waals surface area contributed by atoms with Crippen molar-refractivity contribution < 1.29 is 36.6 Å². The third-order valence-electron chi connectivity index (χ3n) is 5.05. The van der Waals surface area contributed by atoms with Gasteiger partial charge in [0.2, 0.25) is 0 Å². The molecule has 14 heteroatoms. The van der Waals surface area contributed by atoms with Gasteiger partial charge in [0.1, 0.15) is 29.7 Å². The molecule has 0 bridgehead atoms. The van der Waals surface area contributed by atoms with Crippen molar-refractivity contribution in [3.05, 3.63) is 68.9 Å². The molecule has 0 unspecified atom stereocenters. The zero-order chi connectivity index (χ0) is 25.5. The summed E-state index contributed by atoms with van der Waals surface area (Å²) in [5.41, 5.74) is -2.63. The molecule has 0 spiro atoms. The molecular weight excluding hydrogens is 503 g/mol. The lowest BCUT2D eigenvalue weighted by Gasteiger charge is -2.16. The molecule has 2 N–H and O–H groups in total. The molecule has 3 aromatic rings. The number of aliphatic hydroxyl groups is 1. The predicted octanol–water partition coefficient (Wildman–Crippen LogP) is 3.99. The van der Waals surface area contributed by atoms with Gasteiger partial charge in [-0.25, -0.2) is 13.6 Å². The average molecular weight is 519 g/mol. The van der Waals surface area contributed by atoms with E-state index in [0.29, 0.717) is 29.7 Å². The van der Waals surface area contributed by atoms with Crippen LogP contribution in [0.4, 0.5) is 27.6 Å². The molecule has 1 aliphatic carbocycles. The number of hydrogen-bond acceptors (Lipinski definition) is 5. The highest BCUT2D eigenvalue weighted by atomic mass is 35.5. The number of nitrogens with one attached hydrogen (secondary N) is 1. The van der Waals surface area contributed by atoms with Gasteiger partial charge in [-0.3, -0.25) is 9.36 Å². The number of rotatable bonds is 7. The van der Waals surface area contributed by atoms with Crippen LogP contribution in [0, 0.1) is 11.6 Å². The quantitative estimate of drug-likeness (QED) is 0.461. The molecule has 0 saturated heterocycles. The number of benzene rings is 2. The fourth-order valence-corrected chi connectivity index (χ4v) is 3.55. The summed E-state index contributed by atoms with van der Waals surface area (Å²) in [5.74, 6) is -4.17. The Labute approximate surface area is 198 Å². The van der Waals surface area contributed by atoms with Crippen LogP contribution in [0.25, 0.3) is 5.69 Å². The Morgan fingerprint density at radius 1 is 1.23 bits per heavy atom. The van der Waals surface area contributed by atoms with Gasteiger partial charge in [-0.15, -0.1) is 5.10 Å². The first kappa shape index (κ1) is 24.7. The number of anilines is 1. The number of halogens is 6. The van der Waals surface area contributed by atoms with Crippen molar-refractivity contribution in [2.45, 2.75) is 31.7 Å². The standard InChI is InChI=1S/C21H16ClF5N4O4/c22-12-2-1-3-13(23)18(12)28-19(33)11-6-14(24)15(7-16(11)35-9-21(25,26)27)31-20(34)30(10-4-5-10)17(8-32)29-31/h1-3,6-7,10,32H,4-5,8-9H2,(H,28,33). The maximum Gasteiger partial charge on any atom is 0.422 e. The Hall–Kier alpha value is -3.45. The zero-order valence-corrected chi connectivity index (χ0v) is 18.3. The van der Waals surface area contributed by atoms with E-state index in [-0.39, 0.29) is 16.9 Å². The number of amides is 1. The molecule has 186 valence electrons. The van der Waals surface area contributed by atoms with E-state index >= 15 is 4.39 Å². The van der Waals surface area contributed by atoms with E-state index < -0.39 is 65.3 Å². The van der Waals surface area contributed by atoms with Crippen molar-refractivity contribution in [1.82, 2.24) is 14.3 Å². The molecule has 4 rings (SSSR count). The van der Waals surface area contributed by atoms with E-state index in [9.17, 15) is 32.3 Å². The maximum atomic E-state index is 15.1. The Balaban J connectivity index is 1.79. The number of carbonyl (C=O) groups is 1. The number of hydrogen-bond donors (Lipinski definition) is 2. The molecule has 1 fully saturated rings. The lowest BCUT2D eigenvalue weighted by atomic mass is 10.1. The van der Waals surface area contributed by atoms with Crippen LogP contribution < -0.4 is 15.7 Å². The lowest BCUT2D eigenvalue weighted by Crippen LogP contribution is -2.25. The van der Waals surface area contributed by atoms with Crippen LogP contribution >= 0.6 is 11.6 Å². The molecule has 1 amide bonds. The van der Waals surface area contributed by atoms with Gasteiger partial charge in [-0.05, 0) is 31.0 Å². The van der Waals surface area contributed by atoms with Crippen molar-refractivity contribution in [1.29, 1.82) is 0 Å². The molecule has 0 aliphatic heterocycles. The number of aromatic nitrogens is 3. The Morgan fingerprint density at radius 2 is 1.94 bits per heavy atom. The van der Waals surface area contributed by atoms with E-state index in [1.807, 2.05) is 0 Å². The van der Waals surface area contributed by atoms with Crippen LogP contribution in [0.1, 0.15) is 35.1 Å². The summed E-state index contributed by atoms with van der Waals surface area (Å²) < 4.78 is 74.1. The second kappa shape index (κ2) is 9.30. The molecule has 1 aliphatic rings. The van der Waals surface area contributed by atoms with E-state index in [1.165, 1.54) is 12.1 Å². The largest absolute Gasteiger partial charge is 0.483 e. The van der Waals surface area contributed by atoms with E-state index in [2.05, 4.69) is 10.4 Å². The van der Waals surface area contributed by atoms with Crippen LogP contribution in [0.15, 0.2) is 35.1 Å². The number of carbonyl (C=O) groups excluding carboxylic acids is 1. The molecule has 35 heavy (non-hydrogen) atoms. The van der Waals surface area contributed by atoms with Gasteiger partial charge < -0.3 is 15.2 Å². The molecule has 0 radical (unpaired) electrons. The molecule has 1 saturated carbocycles. The number of ether oxygens (including phenoxy) is 1. The van der Waals surface area contributed by atoms with E-state index in [4.69, 9.17) is 16.3 Å². The third kappa shape index (κ3) is 5.15. The highest BCUT2D eigenvalue weighted by Gasteiger charge is 2.32. The topological polar surface area (TPSA) is 98.4 Å². The highest BCUT2D eigenvalue weighted by molar-refractivity contribution is 6.34. The minimum atomic E-state index is -4.81. The summed E-state index contributed by atoms with van der Waals surface area (Å²) in [4.78, 5) is 25.5. The second-order valence-electron chi connectivity index (χ2n) is 7.62. The van der Waals surface area contributed by atoms with Crippen molar-refractivity contribution in [2.75, 3.05) is 11.9 Å². The number of para-hydroxylation sites is 1. The number of nitrogens with zero attached hydrogens (tertiary/aromatic N) is 3. The zero-order valence-electron chi connectivity index (χ0n) is 17.6. The van der Waals surface area contributed by atoms with Crippen molar-refractivity contribution in [3.8, 4) is 11.4 Å². The first-order valence-electron chi connectivity index (χ1n) is 10.1. The molecule has 1 aromatic heterocycles. The molecule has 0 atom stereocenters. The minimum Gasteiger partial charge on any atom is -0.483 e. The monoisotopic (exact) mass is 518 g/mol. The van der Waals surface area contributed by atoms with Gasteiger partial charge >= 0.3 is 11.9 Å². The van der Waals surface area contributed by atoms with Crippen LogP contribution in [0.2, 0.25) is 5.02 Å². The highest BCUT2D eigenvalue weighted by Crippen LogP contribution is 2.35. The second-order valence-corrected chi connectivity index (χ2v) is 8.03. The summed E-state index contributed by atoms with van der Waals surface area (Å²) >= 11 is 5.86. The summed E-state index contributed by atoms with van der Waals surface area (Å²) in [5, 5.41) is 15.2. The van der Waals surface area contributed by atoms with Gasteiger partial charge in [-0.1, -0.05) is 17.7 Å². The first-order valence-corrected chi connectivity index (χ1v) is 10.5. The van der Waals surface area contributed by atoms with Crippen LogP contribution in [0.3, 0.4) is 0 Å².